The van der Waals surface area contributed by atoms with Crippen LogP contribution in [0.25, 0.3) is 10.2 Å². The first-order valence-corrected chi connectivity index (χ1v) is 10.2. The zero-order valence-electron chi connectivity index (χ0n) is 16.2. The van der Waals surface area contributed by atoms with Gasteiger partial charge in [0.2, 0.25) is 0 Å². The number of halogens is 1. The molecule has 0 N–H and O–H groups in total. The summed E-state index contributed by atoms with van der Waals surface area (Å²) in [5.41, 5.74) is 1.15. The number of nitrogens with zero attached hydrogens (tertiary/aromatic N) is 2. The number of methoxy groups -OCH3 is 1. The molecular formula is C23H19FN2O3S. The van der Waals surface area contributed by atoms with E-state index < -0.39 is 5.91 Å². The van der Waals surface area contributed by atoms with E-state index in [1.54, 1.807) is 37.4 Å². The molecule has 0 atom stereocenters. The summed E-state index contributed by atoms with van der Waals surface area (Å²) in [7, 11) is 1.61. The first-order chi connectivity index (χ1) is 14.7. The number of hydrogen-bond donors (Lipinski definition) is 0. The monoisotopic (exact) mass is 422 g/mol. The van der Waals surface area contributed by atoms with E-state index in [-0.39, 0.29) is 5.82 Å². The van der Waals surface area contributed by atoms with E-state index in [1.807, 2.05) is 34.9 Å². The lowest BCUT2D eigenvalue weighted by Gasteiger charge is -2.08. The van der Waals surface area contributed by atoms with E-state index in [2.05, 4.69) is 4.99 Å². The number of carbonyl (C=O) groups excluding carboxylic acids is 1. The van der Waals surface area contributed by atoms with Gasteiger partial charge in [-0.15, -0.1) is 0 Å². The number of thiazole rings is 1. The van der Waals surface area contributed by atoms with Crippen molar-refractivity contribution in [2.75, 3.05) is 13.7 Å². The number of aromatic nitrogens is 1. The number of amides is 1. The first kappa shape index (κ1) is 20.0. The van der Waals surface area contributed by atoms with Gasteiger partial charge in [0.25, 0.3) is 5.91 Å². The lowest BCUT2D eigenvalue weighted by atomic mass is 10.2. The fourth-order valence-electron chi connectivity index (χ4n) is 3.03. The summed E-state index contributed by atoms with van der Waals surface area (Å²) >= 11 is 1.26. The highest BCUT2D eigenvalue weighted by Crippen LogP contribution is 2.26. The van der Waals surface area contributed by atoms with Crippen molar-refractivity contribution < 1.29 is 18.7 Å². The third-order valence-corrected chi connectivity index (χ3v) is 5.49. The molecule has 0 saturated carbocycles. The molecule has 0 fully saturated rings. The van der Waals surface area contributed by atoms with Crippen molar-refractivity contribution in [1.82, 2.24) is 4.57 Å². The summed E-state index contributed by atoms with van der Waals surface area (Å²) in [5.74, 6) is 0.292. The van der Waals surface area contributed by atoms with Gasteiger partial charge in [-0.1, -0.05) is 41.7 Å². The number of para-hydroxylation sites is 2. The van der Waals surface area contributed by atoms with Crippen LogP contribution in [0.2, 0.25) is 0 Å². The van der Waals surface area contributed by atoms with Crippen molar-refractivity contribution in [3.63, 3.8) is 0 Å². The lowest BCUT2D eigenvalue weighted by molar-refractivity contribution is 0.0995. The normalized spacial score (nSPS) is 11.7. The van der Waals surface area contributed by atoms with Gasteiger partial charge in [-0.3, -0.25) is 4.79 Å². The first-order valence-electron chi connectivity index (χ1n) is 9.34. The van der Waals surface area contributed by atoms with Crippen LogP contribution in [-0.4, -0.2) is 24.2 Å². The molecule has 0 bridgehead atoms. The summed E-state index contributed by atoms with van der Waals surface area (Å²) in [5, 5.41) is 0. The number of rotatable bonds is 6. The quantitative estimate of drug-likeness (QED) is 0.438. The highest BCUT2D eigenvalue weighted by molar-refractivity contribution is 7.16. The molecule has 30 heavy (non-hydrogen) atoms. The van der Waals surface area contributed by atoms with Gasteiger partial charge < -0.3 is 14.0 Å². The van der Waals surface area contributed by atoms with Gasteiger partial charge in [0, 0.05) is 13.7 Å². The summed E-state index contributed by atoms with van der Waals surface area (Å²) < 4.78 is 27.3. The highest BCUT2D eigenvalue weighted by Gasteiger charge is 2.14. The molecule has 1 aromatic heterocycles. The fraction of sp³-hybridized carbons (Fsp3) is 0.130. The maximum absolute atomic E-state index is 13.7. The highest BCUT2D eigenvalue weighted by atomic mass is 32.1. The third kappa shape index (κ3) is 4.32. The summed E-state index contributed by atoms with van der Waals surface area (Å²) in [6.45, 7) is 0.939. The Kier molecular flexibility index (Phi) is 6.02. The molecule has 0 radical (unpaired) electrons. The minimum Gasteiger partial charge on any atom is -0.457 e. The molecule has 1 amide bonds. The van der Waals surface area contributed by atoms with Crippen LogP contribution in [0.3, 0.4) is 0 Å². The van der Waals surface area contributed by atoms with Crippen molar-refractivity contribution in [3.05, 3.63) is 89.0 Å². The van der Waals surface area contributed by atoms with Gasteiger partial charge in [0.15, 0.2) is 4.80 Å². The number of ether oxygens (including phenoxy) is 2. The Morgan fingerprint density at radius 2 is 1.83 bits per heavy atom. The molecule has 7 heteroatoms. The predicted octanol–water partition coefficient (Wildman–Crippen LogP) is 5.02. The molecular weight excluding hydrogens is 403 g/mol. The minimum atomic E-state index is -0.431. The Bertz CT molecular complexity index is 1250. The van der Waals surface area contributed by atoms with E-state index in [9.17, 15) is 9.18 Å². The molecule has 3 aromatic carbocycles. The van der Waals surface area contributed by atoms with Crippen LogP contribution < -0.4 is 9.54 Å². The van der Waals surface area contributed by atoms with Crippen molar-refractivity contribution in [1.29, 1.82) is 0 Å². The van der Waals surface area contributed by atoms with Crippen LogP contribution in [0.4, 0.5) is 4.39 Å². The molecule has 0 spiro atoms. The van der Waals surface area contributed by atoms with Crippen LogP contribution in [0.1, 0.15) is 10.4 Å². The molecule has 0 aliphatic heterocycles. The molecule has 0 unspecified atom stereocenters. The average molecular weight is 422 g/mol. The Morgan fingerprint density at radius 3 is 2.63 bits per heavy atom. The van der Waals surface area contributed by atoms with E-state index in [0.29, 0.717) is 39.7 Å². The predicted molar refractivity (Wildman–Crippen MR) is 115 cm³/mol. The van der Waals surface area contributed by atoms with Crippen molar-refractivity contribution in [2.24, 2.45) is 4.99 Å². The Hall–Kier alpha value is -3.29. The van der Waals surface area contributed by atoms with E-state index in [0.717, 1.165) is 5.52 Å². The van der Waals surface area contributed by atoms with E-state index >= 15 is 0 Å². The van der Waals surface area contributed by atoms with Crippen LogP contribution in [0.5, 0.6) is 11.5 Å². The van der Waals surface area contributed by atoms with Gasteiger partial charge in [-0.25, -0.2) is 4.39 Å². The second-order valence-electron chi connectivity index (χ2n) is 6.47. The molecule has 152 valence electrons. The summed E-state index contributed by atoms with van der Waals surface area (Å²) in [6, 6.07) is 20.7. The topological polar surface area (TPSA) is 52.8 Å². The number of benzene rings is 3. The maximum Gasteiger partial charge on any atom is 0.283 e. The standard InChI is InChI=1S/C23H19FN2O3S/c1-28-14-13-26-19-12-11-16(24)15-21(19)30-23(26)25-22(27)18-9-5-6-10-20(18)29-17-7-3-2-4-8-17/h2-12,15H,13-14H2,1H3. The number of hydrogen-bond acceptors (Lipinski definition) is 4. The number of fused-ring (bicyclic) bond motifs is 1. The zero-order valence-corrected chi connectivity index (χ0v) is 17.1. The van der Waals surface area contributed by atoms with E-state index in [4.69, 9.17) is 9.47 Å². The van der Waals surface area contributed by atoms with Gasteiger partial charge in [0.1, 0.15) is 17.3 Å². The Balaban J connectivity index is 1.75. The van der Waals surface area contributed by atoms with Gasteiger partial charge in [-0.05, 0) is 42.5 Å². The second kappa shape index (κ2) is 9.02. The Morgan fingerprint density at radius 1 is 1.07 bits per heavy atom. The SMILES string of the molecule is COCCn1c(=NC(=O)c2ccccc2Oc2ccccc2)sc2cc(F)ccc21. The van der Waals surface area contributed by atoms with Gasteiger partial charge in [0.05, 0.1) is 22.4 Å². The summed E-state index contributed by atoms with van der Waals surface area (Å²) in [6.07, 6.45) is 0. The Labute approximate surface area is 176 Å². The number of carbonyl (C=O) groups is 1. The summed E-state index contributed by atoms with van der Waals surface area (Å²) in [4.78, 5) is 17.9. The molecule has 1 heterocycles. The molecule has 4 rings (SSSR count). The van der Waals surface area contributed by atoms with Crippen molar-refractivity contribution in [2.45, 2.75) is 6.54 Å². The van der Waals surface area contributed by atoms with Gasteiger partial charge in [-0.2, -0.15) is 4.99 Å². The van der Waals surface area contributed by atoms with Gasteiger partial charge >= 0.3 is 0 Å². The van der Waals surface area contributed by atoms with Crippen LogP contribution in [-0.2, 0) is 11.3 Å². The van der Waals surface area contributed by atoms with Crippen LogP contribution >= 0.6 is 11.3 Å². The zero-order chi connectivity index (χ0) is 20.9. The minimum absolute atomic E-state index is 0.331. The van der Waals surface area contributed by atoms with Crippen molar-refractivity contribution >= 4 is 27.5 Å². The fourth-order valence-corrected chi connectivity index (χ4v) is 4.11. The van der Waals surface area contributed by atoms with Crippen LogP contribution in [0.15, 0.2) is 77.8 Å². The molecule has 4 aromatic rings. The molecule has 0 saturated heterocycles. The smallest absolute Gasteiger partial charge is 0.283 e. The third-order valence-electron chi connectivity index (χ3n) is 4.45. The van der Waals surface area contributed by atoms with E-state index in [1.165, 1.54) is 23.5 Å². The average Bonchev–Trinajstić information content (AvgIpc) is 3.09. The molecule has 0 aliphatic carbocycles. The molecule has 5 nitrogen and oxygen atoms in total. The van der Waals surface area contributed by atoms with Crippen LogP contribution in [0, 0.1) is 5.82 Å². The van der Waals surface area contributed by atoms with Crippen molar-refractivity contribution in [3.8, 4) is 11.5 Å². The maximum atomic E-state index is 13.7. The lowest BCUT2D eigenvalue weighted by Crippen LogP contribution is -2.19. The molecule has 0 aliphatic rings. The largest absolute Gasteiger partial charge is 0.457 e. The second-order valence-corrected chi connectivity index (χ2v) is 7.48.